The SMILES string of the molecule is Cc1ccc(OC(C)C(=O)Nc2ccc(NC(=O)CCc3ccccc3)cc2)cc1. The summed E-state index contributed by atoms with van der Waals surface area (Å²) in [6.07, 6.45) is 0.473. The van der Waals surface area contributed by atoms with Crippen LogP contribution in [0.4, 0.5) is 11.4 Å². The zero-order chi connectivity index (χ0) is 21.3. The minimum absolute atomic E-state index is 0.0456. The van der Waals surface area contributed by atoms with Crippen molar-refractivity contribution in [1.82, 2.24) is 0 Å². The van der Waals surface area contributed by atoms with Crippen LogP contribution < -0.4 is 15.4 Å². The Hall–Kier alpha value is -3.60. The van der Waals surface area contributed by atoms with Crippen LogP contribution >= 0.6 is 0 Å². The van der Waals surface area contributed by atoms with Crippen molar-refractivity contribution in [3.05, 3.63) is 90.0 Å². The van der Waals surface area contributed by atoms with Gasteiger partial charge in [0.2, 0.25) is 5.91 Å². The van der Waals surface area contributed by atoms with Crippen LogP contribution in [0, 0.1) is 6.92 Å². The van der Waals surface area contributed by atoms with Gasteiger partial charge in [0.05, 0.1) is 0 Å². The number of amides is 2. The molecule has 0 aromatic heterocycles. The van der Waals surface area contributed by atoms with Crippen LogP contribution in [-0.2, 0) is 16.0 Å². The lowest BCUT2D eigenvalue weighted by Gasteiger charge is -2.15. The lowest BCUT2D eigenvalue weighted by atomic mass is 10.1. The minimum atomic E-state index is -0.634. The normalized spacial score (nSPS) is 11.4. The second-order valence-electron chi connectivity index (χ2n) is 7.17. The molecular weight excluding hydrogens is 376 g/mol. The Labute approximate surface area is 177 Å². The molecule has 0 aliphatic carbocycles. The summed E-state index contributed by atoms with van der Waals surface area (Å²) in [5.41, 5.74) is 3.59. The number of rotatable bonds is 8. The largest absolute Gasteiger partial charge is 0.481 e. The number of hydrogen-bond acceptors (Lipinski definition) is 3. The summed E-state index contributed by atoms with van der Waals surface area (Å²) in [5, 5.41) is 5.70. The van der Waals surface area contributed by atoms with Gasteiger partial charge in [-0.3, -0.25) is 9.59 Å². The maximum atomic E-state index is 12.4. The van der Waals surface area contributed by atoms with Gasteiger partial charge in [0.15, 0.2) is 6.10 Å². The predicted molar refractivity (Wildman–Crippen MR) is 120 cm³/mol. The number of benzene rings is 3. The van der Waals surface area contributed by atoms with E-state index < -0.39 is 6.10 Å². The van der Waals surface area contributed by atoms with E-state index in [1.807, 2.05) is 61.5 Å². The first kappa shape index (κ1) is 21.1. The monoisotopic (exact) mass is 402 g/mol. The Morgan fingerprint density at radius 1 is 0.833 bits per heavy atom. The van der Waals surface area contributed by atoms with Gasteiger partial charge >= 0.3 is 0 Å². The van der Waals surface area contributed by atoms with Crippen molar-refractivity contribution in [2.45, 2.75) is 32.8 Å². The van der Waals surface area contributed by atoms with Gasteiger partial charge in [0.1, 0.15) is 5.75 Å². The second-order valence-corrected chi connectivity index (χ2v) is 7.17. The van der Waals surface area contributed by atoms with E-state index in [2.05, 4.69) is 10.6 Å². The molecule has 154 valence electrons. The Bertz CT molecular complexity index is 968. The molecule has 5 heteroatoms. The van der Waals surface area contributed by atoms with E-state index in [1.165, 1.54) is 0 Å². The van der Waals surface area contributed by atoms with Crippen LogP contribution in [0.15, 0.2) is 78.9 Å². The van der Waals surface area contributed by atoms with Crippen molar-refractivity contribution in [2.75, 3.05) is 10.6 Å². The predicted octanol–water partition coefficient (Wildman–Crippen LogP) is 4.97. The number of aryl methyl sites for hydroxylation is 2. The van der Waals surface area contributed by atoms with E-state index in [0.717, 1.165) is 11.1 Å². The van der Waals surface area contributed by atoms with E-state index in [-0.39, 0.29) is 11.8 Å². The molecule has 0 fully saturated rings. The highest BCUT2D eigenvalue weighted by Crippen LogP contribution is 2.17. The third kappa shape index (κ3) is 6.48. The zero-order valence-corrected chi connectivity index (χ0v) is 17.2. The number of hydrogen-bond donors (Lipinski definition) is 2. The highest BCUT2D eigenvalue weighted by atomic mass is 16.5. The molecule has 2 amide bonds. The van der Waals surface area contributed by atoms with Gasteiger partial charge in [-0.2, -0.15) is 0 Å². The van der Waals surface area contributed by atoms with E-state index >= 15 is 0 Å². The average Bonchev–Trinajstić information content (AvgIpc) is 2.76. The fourth-order valence-electron chi connectivity index (χ4n) is 2.88. The third-order valence-corrected chi connectivity index (χ3v) is 4.62. The van der Waals surface area contributed by atoms with Crippen molar-refractivity contribution in [2.24, 2.45) is 0 Å². The van der Waals surface area contributed by atoms with Crippen LogP contribution in [0.2, 0.25) is 0 Å². The average molecular weight is 402 g/mol. The van der Waals surface area contributed by atoms with Crippen molar-refractivity contribution < 1.29 is 14.3 Å². The highest BCUT2D eigenvalue weighted by Gasteiger charge is 2.15. The lowest BCUT2D eigenvalue weighted by Crippen LogP contribution is -2.30. The quantitative estimate of drug-likeness (QED) is 0.559. The Kier molecular flexibility index (Phi) is 7.22. The maximum Gasteiger partial charge on any atom is 0.265 e. The third-order valence-electron chi connectivity index (χ3n) is 4.62. The molecule has 0 radical (unpaired) electrons. The summed E-state index contributed by atoms with van der Waals surface area (Å²) >= 11 is 0. The molecule has 0 heterocycles. The fourth-order valence-corrected chi connectivity index (χ4v) is 2.88. The van der Waals surface area contributed by atoms with Crippen LogP contribution in [0.5, 0.6) is 5.75 Å². The Morgan fingerprint density at radius 3 is 2.07 bits per heavy atom. The van der Waals surface area contributed by atoms with E-state index in [4.69, 9.17) is 4.74 Å². The van der Waals surface area contributed by atoms with Crippen molar-refractivity contribution in [1.29, 1.82) is 0 Å². The number of carbonyl (C=O) groups excluding carboxylic acids is 2. The number of carbonyl (C=O) groups is 2. The van der Waals surface area contributed by atoms with Gasteiger partial charge in [-0.1, -0.05) is 48.0 Å². The lowest BCUT2D eigenvalue weighted by molar-refractivity contribution is -0.122. The first-order chi connectivity index (χ1) is 14.5. The molecule has 1 unspecified atom stereocenters. The van der Waals surface area contributed by atoms with Gasteiger partial charge in [-0.15, -0.1) is 0 Å². The molecule has 0 bridgehead atoms. The number of nitrogens with one attached hydrogen (secondary N) is 2. The van der Waals surface area contributed by atoms with Gasteiger partial charge in [0, 0.05) is 17.8 Å². The molecule has 3 aromatic carbocycles. The fraction of sp³-hybridized carbons (Fsp3) is 0.200. The Morgan fingerprint density at radius 2 is 1.43 bits per heavy atom. The smallest absolute Gasteiger partial charge is 0.265 e. The Balaban J connectivity index is 1.46. The molecule has 0 saturated carbocycles. The number of ether oxygens (including phenoxy) is 1. The van der Waals surface area contributed by atoms with Crippen molar-refractivity contribution in [3.63, 3.8) is 0 Å². The van der Waals surface area contributed by atoms with Gasteiger partial charge in [-0.25, -0.2) is 0 Å². The second kappa shape index (κ2) is 10.3. The molecule has 0 spiro atoms. The van der Waals surface area contributed by atoms with E-state index in [1.54, 1.807) is 31.2 Å². The van der Waals surface area contributed by atoms with Gasteiger partial charge < -0.3 is 15.4 Å². The summed E-state index contributed by atoms with van der Waals surface area (Å²) in [7, 11) is 0. The topological polar surface area (TPSA) is 67.4 Å². The van der Waals surface area contributed by atoms with Crippen molar-refractivity contribution >= 4 is 23.2 Å². The molecule has 0 aliphatic rings. The molecule has 3 rings (SSSR count). The molecule has 30 heavy (non-hydrogen) atoms. The van der Waals surface area contributed by atoms with Gasteiger partial charge in [-0.05, 0) is 62.2 Å². The summed E-state index contributed by atoms with van der Waals surface area (Å²) in [4.78, 5) is 24.5. The first-order valence-electron chi connectivity index (χ1n) is 9.97. The summed E-state index contributed by atoms with van der Waals surface area (Å²) in [6, 6.07) is 24.5. The highest BCUT2D eigenvalue weighted by molar-refractivity contribution is 5.95. The molecular formula is C25H26N2O3. The van der Waals surface area contributed by atoms with Crippen LogP contribution in [0.25, 0.3) is 0 Å². The maximum absolute atomic E-state index is 12.4. The summed E-state index contributed by atoms with van der Waals surface area (Å²) in [6.45, 7) is 3.70. The molecule has 1 atom stereocenters. The standard InChI is InChI=1S/C25H26N2O3/c1-18-8-15-23(16-9-18)30-19(2)25(29)27-22-13-11-21(12-14-22)26-24(28)17-10-20-6-4-3-5-7-20/h3-9,11-16,19H,10,17H2,1-2H3,(H,26,28)(H,27,29). The molecule has 2 N–H and O–H groups in total. The zero-order valence-electron chi connectivity index (χ0n) is 17.2. The molecule has 3 aromatic rings. The number of anilines is 2. The van der Waals surface area contributed by atoms with Crippen molar-refractivity contribution in [3.8, 4) is 5.75 Å². The van der Waals surface area contributed by atoms with Crippen LogP contribution in [-0.4, -0.2) is 17.9 Å². The molecule has 0 aliphatic heterocycles. The molecule has 5 nitrogen and oxygen atoms in total. The van der Waals surface area contributed by atoms with Crippen LogP contribution in [0.1, 0.15) is 24.5 Å². The molecule has 0 saturated heterocycles. The van der Waals surface area contributed by atoms with Gasteiger partial charge in [0.25, 0.3) is 5.91 Å². The van der Waals surface area contributed by atoms with Crippen LogP contribution in [0.3, 0.4) is 0 Å². The van der Waals surface area contributed by atoms with E-state index in [0.29, 0.717) is 30.0 Å². The van der Waals surface area contributed by atoms with E-state index in [9.17, 15) is 9.59 Å². The summed E-state index contributed by atoms with van der Waals surface area (Å²) in [5.74, 6) is 0.364. The first-order valence-corrected chi connectivity index (χ1v) is 9.97. The minimum Gasteiger partial charge on any atom is -0.481 e. The summed E-state index contributed by atoms with van der Waals surface area (Å²) < 4.78 is 5.67.